The van der Waals surface area contributed by atoms with Gasteiger partial charge in [-0.05, 0) is 60.2 Å². The van der Waals surface area contributed by atoms with Crippen LogP contribution in [-0.4, -0.2) is 19.3 Å². The maximum Gasteiger partial charge on any atom is 2.00 e. The van der Waals surface area contributed by atoms with E-state index in [0.29, 0.717) is 11.5 Å². The van der Waals surface area contributed by atoms with Gasteiger partial charge < -0.3 is 9.30 Å². The predicted octanol–water partition coefficient (Wildman–Crippen LogP) is 9.24. The molecule has 3 heterocycles. The van der Waals surface area contributed by atoms with Crippen LogP contribution in [0, 0.1) is 19.1 Å². The minimum absolute atomic E-state index is 0. The molecule has 7 rings (SSSR count). The third-order valence-electron chi connectivity index (χ3n) is 7.83. The van der Waals surface area contributed by atoms with Gasteiger partial charge in [-0.15, -0.1) is 35.7 Å². The molecule has 3 aromatic heterocycles. The summed E-state index contributed by atoms with van der Waals surface area (Å²) in [5.74, 6) is 2.09. The van der Waals surface area contributed by atoms with Crippen LogP contribution in [0.2, 0.25) is 0 Å². The van der Waals surface area contributed by atoms with Crippen molar-refractivity contribution in [3.8, 4) is 34.1 Å². The van der Waals surface area contributed by atoms with Gasteiger partial charge in [-0.3, -0.25) is 4.68 Å². The number of ether oxygens (including phenoxy) is 1. The number of aryl methyl sites for hydroxylation is 2. The average Bonchev–Trinajstić information content (AvgIpc) is 3.57. The summed E-state index contributed by atoms with van der Waals surface area (Å²) in [5.41, 5.74) is 8.72. The van der Waals surface area contributed by atoms with Crippen LogP contribution in [0.1, 0.15) is 37.2 Å². The van der Waals surface area contributed by atoms with Crippen molar-refractivity contribution in [3.63, 3.8) is 0 Å². The molecule has 0 N–H and O–H groups in total. The molecule has 0 saturated carbocycles. The molecule has 0 atom stereocenters. The van der Waals surface area contributed by atoms with E-state index in [9.17, 15) is 0 Å². The molecule has 0 aliphatic rings. The number of hydrogen-bond acceptors (Lipinski definition) is 3. The normalized spacial score (nSPS) is 11.2. The Morgan fingerprint density at radius 2 is 1.59 bits per heavy atom. The van der Waals surface area contributed by atoms with Crippen LogP contribution in [0.3, 0.4) is 0 Å². The van der Waals surface area contributed by atoms with Crippen LogP contribution in [0.5, 0.6) is 11.5 Å². The van der Waals surface area contributed by atoms with Crippen LogP contribution in [-0.2, 0) is 33.3 Å². The molecule has 0 fully saturated rings. The third kappa shape index (κ3) is 5.37. The van der Waals surface area contributed by atoms with E-state index in [1.165, 1.54) is 16.8 Å². The quantitative estimate of drug-likeness (QED) is 0.120. The first-order valence-corrected chi connectivity index (χ1v) is 14.9. The summed E-state index contributed by atoms with van der Waals surface area (Å²) < 4.78 is 10.6. The Hall–Kier alpha value is -4.50. The van der Waals surface area contributed by atoms with Crippen molar-refractivity contribution < 1.29 is 25.2 Å². The summed E-state index contributed by atoms with van der Waals surface area (Å²) >= 11 is 0. The Labute approximate surface area is 271 Å². The van der Waals surface area contributed by atoms with Gasteiger partial charge in [0.05, 0.1) is 5.69 Å². The van der Waals surface area contributed by atoms with Crippen LogP contribution >= 0.6 is 0 Å². The summed E-state index contributed by atoms with van der Waals surface area (Å²) in [7, 11) is 0. The molecule has 7 aromatic rings. The van der Waals surface area contributed by atoms with E-state index < -0.39 is 0 Å². The first kappa shape index (κ1) is 29.6. The van der Waals surface area contributed by atoms with Gasteiger partial charge in [-0.2, -0.15) is 17.2 Å². The van der Waals surface area contributed by atoms with Crippen molar-refractivity contribution in [1.82, 2.24) is 19.3 Å². The number of pyridine rings is 1. The molecular formula is C38H32N4OPd. The standard InChI is InChI=1S/C38H32N4O.Pd/c1-4-12-35-38(27-13-7-6-8-14-27)33(5-2)40-42(35)28-15-11-16-29(24-28)43-30-19-20-32-31-17-9-10-18-34(31)41(36(32)25-30)37-23-26(3)21-22-39-37;/h6-11,13-23H,4-5,12H2,1-3H3;/q-2;+2. The largest absolute Gasteiger partial charge is 2.00 e. The van der Waals surface area contributed by atoms with E-state index in [1.54, 1.807) is 0 Å². The summed E-state index contributed by atoms with van der Waals surface area (Å²) in [5, 5.41) is 7.33. The Morgan fingerprint density at radius 3 is 2.39 bits per heavy atom. The van der Waals surface area contributed by atoms with Gasteiger partial charge in [0.15, 0.2) is 0 Å². The molecule has 4 aromatic carbocycles. The average molecular weight is 667 g/mol. The predicted molar refractivity (Wildman–Crippen MR) is 173 cm³/mol. The fourth-order valence-corrected chi connectivity index (χ4v) is 5.91. The molecule has 0 bridgehead atoms. The topological polar surface area (TPSA) is 44.9 Å². The summed E-state index contributed by atoms with van der Waals surface area (Å²) in [6, 6.07) is 40.1. The van der Waals surface area contributed by atoms with Gasteiger partial charge in [0, 0.05) is 34.5 Å². The number of aromatic nitrogens is 4. The fraction of sp³-hybridized carbons (Fsp3) is 0.158. The van der Waals surface area contributed by atoms with E-state index >= 15 is 0 Å². The van der Waals surface area contributed by atoms with Crippen LogP contribution < -0.4 is 4.74 Å². The van der Waals surface area contributed by atoms with Gasteiger partial charge >= 0.3 is 20.4 Å². The van der Waals surface area contributed by atoms with Crippen molar-refractivity contribution in [2.24, 2.45) is 0 Å². The number of para-hydroxylation sites is 1. The minimum Gasteiger partial charge on any atom is -0.509 e. The van der Waals surface area contributed by atoms with Crippen molar-refractivity contribution in [2.75, 3.05) is 0 Å². The van der Waals surface area contributed by atoms with Crippen LogP contribution in [0.4, 0.5) is 0 Å². The van der Waals surface area contributed by atoms with Gasteiger partial charge in [0.25, 0.3) is 0 Å². The summed E-state index contributed by atoms with van der Waals surface area (Å²) in [4.78, 5) is 4.69. The second-order valence-electron chi connectivity index (χ2n) is 10.8. The van der Waals surface area contributed by atoms with Gasteiger partial charge in [-0.25, -0.2) is 4.98 Å². The van der Waals surface area contributed by atoms with E-state index in [2.05, 4.69) is 109 Å². The molecule has 0 saturated heterocycles. The Balaban J connectivity index is 0.00000343. The third-order valence-corrected chi connectivity index (χ3v) is 7.83. The fourth-order valence-electron chi connectivity index (χ4n) is 5.91. The number of benzene rings is 4. The second-order valence-corrected chi connectivity index (χ2v) is 10.8. The maximum atomic E-state index is 6.42. The molecule has 0 radical (unpaired) electrons. The molecule has 220 valence electrons. The molecule has 0 aliphatic heterocycles. The SMILES string of the molecule is CCCc1c(-c2ccccc2)c(CC)nn1-c1[c-]c(Oc2[c-]c3c(cc2)c2ccccc2n3-c2cc(C)ccn2)ccc1.[Pd+2]. The molecule has 5 nitrogen and oxygen atoms in total. The first-order valence-electron chi connectivity index (χ1n) is 14.9. The Morgan fingerprint density at radius 1 is 0.795 bits per heavy atom. The maximum absolute atomic E-state index is 6.42. The molecule has 0 aliphatic carbocycles. The van der Waals surface area contributed by atoms with Crippen molar-refractivity contribution >= 4 is 21.8 Å². The van der Waals surface area contributed by atoms with Crippen molar-refractivity contribution in [3.05, 3.63) is 132 Å². The Bertz CT molecular complexity index is 2080. The zero-order valence-corrected chi connectivity index (χ0v) is 26.5. The molecule has 0 amide bonds. The Kier molecular flexibility index (Phi) is 8.48. The molecular weight excluding hydrogens is 635 g/mol. The van der Waals surface area contributed by atoms with Gasteiger partial charge in [-0.1, -0.05) is 74.3 Å². The van der Waals surface area contributed by atoms with E-state index in [1.807, 2.05) is 41.2 Å². The second kappa shape index (κ2) is 12.6. The smallest absolute Gasteiger partial charge is 0.509 e. The number of hydrogen-bond donors (Lipinski definition) is 0. The van der Waals surface area contributed by atoms with Crippen molar-refractivity contribution in [1.29, 1.82) is 0 Å². The van der Waals surface area contributed by atoms with E-state index in [0.717, 1.165) is 63.8 Å². The molecule has 0 unspecified atom stereocenters. The minimum atomic E-state index is 0. The molecule has 44 heavy (non-hydrogen) atoms. The summed E-state index contributed by atoms with van der Waals surface area (Å²) in [6.07, 6.45) is 4.63. The van der Waals surface area contributed by atoms with Crippen LogP contribution in [0.15, 0.2) is 103 Å². The molecule has 6 heteroatoms. The van der Waals surface area contributed by atoms with E-state index in [-0.39, 0.29) is 20.4 Å². The van der Waals surface area contributed by atoms with Gasteiger partial charge in [0.2, 0.25) is 0 Å². The monoisotopic (exact) mass is 666 g/mol. The van der Waals surface area contributed by atoms with E-state index in [4.69, 9.17) is 9.84 Å². The zero-order valence-electron chi connectivity index (χ0n) is 24.9. The number of nitrogens with zero attached hydrogens (tertiary/aromatic N) is 4. The van der Waals surface area contributed by atoms with Gasteiger partial charge in [0.1, 0.15) is 5.82 Å². The number of rotatable bonds is 8. The molecule has 0 spiro atoms. The van der Waals surface area contributed by atoms with Crippen LogP contribution in [0.25, 0.3) is 44.4 Å². The number of fused-ring (bicyclic) bond motifs is 3. The summed E-state index contributed by atoms with van der Waals surface area (Å²) in [6.45, 7) is 6.45. The zero-order chi connectivity index (χ0) is 29.3. The first-order chi connectivity index (χ1) is 21.1. The van der Waals surface area contributed by atoms with Crippen molar-refractivity contribution in [2.45, 2.75) is 40.0 Å².